The Balaban J connectivity index is 1.39. The summed E-state index contributed by atoms with van der Waals surface area (Å²) in [7, 11) is 0. The molecule has 1 N–H and O–H groups in total. The summed E-state index contributed by atoms with van der Waals surface area (Å²) in [4.78, 5) is 15.1. The zero-order valence-corrected chi connectivity index (χ0v) is 14.7. The highest BCUT2D eigenvalue weighted by molar-refractivity contribution is 7.99. The van der Waals surface area contributed by atoms with Crippen LogP contribution in [0, 0.1) is 0 Å². The number of anilines is 1. The van der Waals surface area contributed by atoms with Gasteiger partial charge in [0.25, 0.3) is 0 Å². The van der Waals surface area contributed by atoms with Gasteiger partial charge in [-0.05, 0) is 18.2 Å². The molecule has 1 aliphatic rings. The minimum atomic E-state index is -0.111. The average Bonchev–Trinajstić information content (AvgIpc) is 3.12. The molecule has 0 unspecified atom stereocenters. The first-order chi connectivity index (χ1) is 12.3. The lowest BCUT2D eigenvalue weighted by Gasteiger charge is -2.26. The molecule has 7 heteroatoms. The minimum Gasteiger partial charge on any atom is -0.440 e. The van der Waals surface area contributed by atoms with E-state index in [0.717, 1.165) is 23.9 Å². The number of hydrazone groups is 1. The number of hydrogen-bond acceptors (Lipinski definition) is 6. The van der Waals surface area contributed by atoms with Gasteiger partial charge in [-0.3, -0.25) is 4.79 Å². The summed E-state index contributed by atoms with van der Waals surface area (Å²) in [6.45, 7) is 3.06. The fourth-order valence-corrected chi connectivity index (χ4v) is 3.24. The van der Waals surface area contributed by atoms with Gasteiger partial charge < -0.3 is 14.1 Å². The number of hydrogen-bond donors (Lipinski definition) is 1. The van der Waals surface area contributed by atoms with Gasteiger partial charge in [0.05, 0.1) is 19.4 Å². The van der Waals surface area contributed by atoms with Crippen LogP contribution < -0.4 is 10.3 Å². The van der Waals surface area contributed by atoms with Crippen LogP contribution in [0.2, 0.25) is 0 Å². The molecule has 132 valence electrons. The molecule has 1 aromatic carbocycles. The summed E-state index contributed by atoms with van der Waals surface area (Å²) in [5.74, 6) is 2.02. The van der Waals surface area contributed by atoms with E-state index in [1.807, 2.05) is 42.5 Å². The second-order valence-electron chi connectivity index (χ2n) is 5.48. The molecule has 2 heterocycles. The van der Waals surface area contributed by atoms with E-state index >= 15 is 0 Å². The highest BCUT2D eigenvalue weighted by Gasteiger charge is 2.14. The molecule has 6 nitrogen and oxygen atoms in total. The molecule has 25 heavy (non-hydrogen) atoms. The molecule has 1 fully saturated rings. The van der Waals surface area contributed by atoms with Gasteiger partial charge in [-0.15, -0.1) is 11.8 Å². The fraction of sp³-hybridized carbons (Fsp3) is 0.333. The second-order valence-corrected chi connectivity index (χ2v) is 6.65. The van der Waals surface area contributed by atoms with Crippen molar-refractivity contribution in [1.82, 2.24) is 5.43 Å². The molecule has 0 bridgehead atoms. The summed E-state index contributed by atoms with van der Waals surface area (Å²) < 4.78 is 11.0. The van der Waals surface area contributed by atoms with Crippen LogP contribution in [0.3, 0.4) is 0 Å². The number of benzene rings is 1. The van der Waals surface area contributed by atoms with Crippen molar-refractivity contribution in [1.29, 1.82) is 0 Å². The van der Waals surface area contributed by atoms with Gasteiger partial charge in [-0.2, -0.15) is 5.10 Å². The molecule has 0 radical (unpaired) electrons. The van der Waals surface area contributed by atoms with Crippen molar-refractivity contribution >= 4 is 29.8 Å². The number of carbonyl (C=O) groups excluding carboxylic acids is 1. The Morgan fingerprint density at radius 1 is 1.20 bits per heavy atom. The smallest absolute Gasteiger partial charge is 0.240 e. The third-order valence-corrected chi connectivity index (χ3v) is 4.67. The lowest BCUT2D eigenvalue weighted by molar-refractivity contribution is -0.120. The number of thioether (sulfide) groups is 1. The molecule has 1 amide bonds. The number of amides is 1. The molecule has 3 rings (SSSR count). The summed E-state index contributed by atoms with van der Waals surface area (Å²) in [6, 6.07) is 13.8. The van der Waals surface area contributed by atoms with Gasteiger partial charge >= 0.3 is 0 Å². The van der Waals surface area contributed by atoms with E-state index in [4.69, 9.17) is 9.15 Å². The van der Waals surface area contributed by atoms with Crippen molar-refractivity contribution in [3.8, 4) is 0 Å². The third-order valence-electron chi connectivity index (χ3n) is 3.66. The van der Waals surface area contributed by atoms with Crippen LogP contribution in [-0.4, -0.2) is 44.2 Å². The van der Waals surface area contributed by atoms with Crippen molar-refractivity contribution in [3.63, 3.8) is 0 Å². The van der Waals surface area contributed by atoms with Crippen molar-refractivity contribution in [2.75, 3.05) is 37.0 Å². The average molecular weight is 359 g/mol. The third kappa shape index (κ3) is 5.65. The molecule has 1 saturated heterocycles. The SMILES string of the molecule is O=C(CCSc1ccccc1)N/N=C\c1ccc(N2CCOCC2)o1. The first-order valence-corrected chi connectivity index (χ1v) is 9.22. The highest BCUT2D eigenvalue weighted by atomic mass is 32.2. The van der Waals surface area contributed by atoms with E-state index in [9.17, 15) is 4.79 Å². The number of ether oxygens (including phenoxy) is 1. The monoisotopic (exact) mass is 359 g/mol. The standard InChI is InChI=1S/C18H21N3O3S/c22-17(8-13-25-16-4-2-1-3-5-16)20-19-14-15-6-7-18(24-15)21-9-11-23-12-10-21/h1-7,14H,8-13H2,(H,20,22)/b19-14-. The van der Waals surface area contributed by atoms with Gasteiger partial charge in [0.15, 0.2) is 5.88 Å². The minimum absolute atomic E-state index is 0.111. The number of morpholine rings is 1. The summed E-state index contributed by atoms with van der Waals surface area (Å²) in [5.41, 5.74) is 2.53. The van der Waals surface area contributed by atoms with Crippen LogP contribution in [0.4, 0.5) is 5.88 Å². The van der Waals surface area contributed by atoms with Crippen molar-refractivity contribution < 1.29 is 13.9 Å². The highest BCUT2D eigenvalue weighted by Crippen LogP contribution is 2.19. The Kier molecular flexibility index (Phi) is 6.53. The topological polar surface area (TPSA) is 67.1 Å². The lowest BCUT2D eigenvalue weighted by atomic mass is 10.4. The molecule has 1 aliphatic heterocycles. The van der Waals surface area contributed by atoms with Gasteiger partial charge in [-0.1, -0.05) is 18.2 Å². The van der Waals surface area contributed by atoms with Gasteiger partial charge in [-0.25, -0.2) is 5.43 Å². The summed E-state index contributed by atoms with van der Waals surface area (Å²) in [6.07, 6.45) is 1.93. The van der Waals surface area contributed by atoms with Crippen molar-refractivity contribution in [2.24, 2.45) is 5.10 Å². The quantitative estimate of drug-likeness (QED) is 0.468. The Bertz CT molecular complexity index is 697. The molecular formula is C18H21N3O3S. The van der Waals surface area contributed by atoms with Crippen molar-refractivity contribution in [2.45, 2.75) is 11.3 Å². The molecule has 0 saturated carbocycles. The summed E-state index contributed by atoms with van der Waals surface area (Å²) >= 11 is 1.65. The molecule has 0 spiro atoms. The molecule has 0 atom stereocenters. The van der Waals surface area contributed by atoms with Gasteiger partial charge in [0.1, 0.15) is 5.76 Å². The van der Waals surface area contributed by atoms with E-state index in [1.54, 1.807) is 11.8 Å². The van der Waals surface area contributed by atoms with E-state index < -0.39 is 0 Å². The number of rotatable bonds is 7. The zero-order chi connectivity index (χ0) is 17.3. The Labute approximate surface area is 151 Å². The van der Waals surface area contributed by atoms with Crippen LogP contribution in [0.25, 0.3) is 0 Å². The molecular weight excluding hydrogens is 338 g/mol. The molecule has 1 aromatic heterocycles. The van der Waals surface area contributed by atoms with E-state index in [2.05, 4.69) is 15.4 Å². The number of furan rings is 1. The second kappa shape index (κ2) is 9.29. The Morgan fingerprint density at radius 2 is 2.00 bits per heavy atom. The number of carbonyl (C=O) groups is 1. The zero-order valence-electron chi connectivity index (χ0n) is 13.9. The molecule has 0 aliphatic carbocycles. The predicted molar refractivity (Wildman–Crippen MR) is 99.3 cm³/mol. The first kappa shape index (κ1) is 17.6. The maximum atomic E-state index is 11.8. The largest absolute Gasteiger partial charge is 0.440 e. The number of nitrogens with one attached hydrogen (secondary N) is 1. The van der Waals surface area contributed by atoms with E-state index in [1.165, 1.54) is 6.21 Å². The van der Waals surface area contributed by atoms with E-state index in [-0.39, 0.29) is 5.91 Å². The fourth-order valence-electron chi connectivity index (χ4n) is 2.37. The van der Waals surface area contributed by atoms with Crippen molar-refractivity contribution in [3.05, 3.63) is 48.2 Å². The van der Waals surface area contributed by atoms with Crippen LogP contribution in [0.1, 0.15) is 12.2 Å². The number of nitrogens with zero attached hydrogens (tertiary/aromatic N) is 2. The van der Waals surface area contributed by atoms with Gasteiger partial charge in [0.2, 0.25) is 5.91 Å². The summed E-state index contributed by atoms with van der Waals surface area (Å²) in [5, 5.41) is 3.95. The van der Waals surface area contributed by atoms with Crippen LogP contribution in [0.5, 0.6) is 0 Å². The van der Waals surface area contributed by atoms with Crippen LogP contribution in [0.15, 0.2) is 56.9 Å². The Hall–Kier alpha value is -2.25. The van der Waals surface area contributed by atoms with Crippen LogP contribution >= 0.6 is 11.8 Å². The first-order valence-electron chi connectivity index (χ1n) is 8.23. The lowest BCUT2D eigenvalue weighted by Crippen LogP contribution is -2.35. The maximum Gasteiger partial charge on any atom is 0.240 e. The van der Waals surface area contributed by atoms with Crippen LogP contribution in [-0.2, 0) is 9.53 Å². The van der Waals surface area contributed by atoms with E-state index in [0.29, 0.717) is 31.1 Å². The molecule has 2 aromatic rings. The predicted octanol–water partition coefficient (Wildman–Crippen LogP) is 2.75. The normalized spacial score (nSPS) is 14.8. The Morgan fingerprint density at radius 3 is 2.80 bits per heavy atom. The maximum absolute atomic E-state index is 11.8. The van der Waals surface area contributed by atoms with Gasteiger partial charge in [0, 0.05) is 36.2 Å².